The molecule has 2 aliphatic heterocycles. The summed E-state index contributed by atoms with van der Waals surface area (Å²) in [6, 6.07) is 9.45. The molecule has 0 aliphatic carbocycles. The fourth-order valence-corrected chi connectivity index (χ4v) is 3.21. The number of anilines is 4. The zero-order chi connectivity index (χ0) is 21.3. The van der Waals surface area contributed by atoms with Crippen molar-refractivity contribution in [2.24, 2.45) is 10.2 Å². The minimum Gasteiger partial charge on any atom is -0.495 e. The number of hydrogen-bond donors (Lipinski definition) is 3. The summed E-state index contributed by atoms with van der Waals surface area (Å²) in [7, 11) is 1.63. The molecule has 3 heterocycles. The van der Waals surface area contributed by atoms with E-state index in [1.54, 1.807) is 13.2 Å². The lowest BCUT2D eigenvalue weighted by molar-refractivity contribution is 0.134. The number of hydrazone groups is 2. The van der Waals surface area contributed by atoms with Crippen molar-refractivity contribution in [1.82, 2.24) is 9.97 Å². The van der Waals surface area contributed by atoms with Crippen LogP contribution in [0.15, 0.2) is 40.5 Å². The van der Waals surface area contributed by atoms with Crippen LogP contribution in [0.4, 0.5) is 23.3 Å². The third-order valence-electron chi connectivity index (χ3n) is 4.88. The lowest BCUT2D eigenvalue weighted by Crippen LogP contribution is -2.17. The highest BCUT2D eigenvalue weighted by molar-refractivity contribution is 5.86. The van der Waals surface area contributed by atoms with Crippen LogP contribution >= 0.6 is 0 Å². The molecule has 0 unspecified atom stereocenters. The van der Waals surface area contributed by atoms with Crippen molar-refractivity contribution in [3.05, 3.63) is 30.3 Å². The summed E-state index contributed by atoms with van der Waals surface area (Å²) in [6.07, 6.45) is 3.22. The molecule has 2 saturated heterocycles. The topological polar surface area (TPSA) is 114 Å². The molecule has 10 heteroatoms. The van der Waals surface area contributed by atoms with Crippen LogP contribution in [0.25, 0.3) is 0 Å². The first-order chi connectivity index (χ1) is 15.3. The molecule has 0 radical (unpaired) electrons. The van der Waals surface area contributed by atoms with E-state index in [1.165, 1.54) is 0 Å². The number of hydrogen-bond acceptors (Lipinski definition) is 10. The van der Waals surface area contributed by atoms with Crippen molar-refractivity contribution in [2.75, 3.05) is 49.7 Å². The number of rotatable bonds is 7. The van der Waals surface area contributed by atoms with E-state index in [-0.39, 0.29) is 0 Å². The molecule has 2 aromatic rings. The second-order valence-corrected chi connectivity index (χ2v) is 7.09. The molecule has 0 bridgehead atoms. The molecular weight excluding hydrogens is 398 g/mol. The maximum atomic E-state index is 5.43. The Hall–Kier alpha value is -3.24. The second-order valence-electron chi connectivity index (χ2n) is 7.09. The summed E-state index contributed by atoms with van der Waals surface area (Å²) in [4.78, 5) is 9.05. The van der Waals surface area contributed by atoms with Gasteiger partial charge < -0.3 is 19.5 Å². The Bertz CT molecular complexity index is 884. The van der Waals surface area contributed by atoms with Gasteiger partial charge in [-0.25, -0.2) is 5.43 Å². The molecular formula is C21H27N7O3. The van der Waals surface area contributed by atoms with Crippen molar-refractivity contribution >= 4 is 34.7 Å². The Balaban J connectivity index is 1.56. The van der Waals surface area contributed by atoms with Gasteiger partial charge in [0.15, 0.2) is 5.82 Å². The minimum atomic E-state index is 0.369. The lowest BCUT2D eigenvalue weighted by Gasteiger charge is -2.15. The van der Waals surface area contributed by atoms with Crippen LogP contribution in [-0.4, -0.2) is 54.9 Å². The maximum Gasteiger partial charge on any atom is 0.247 e. The van der Waals surface area contributed by atoms with Crippen molar-refractivity contribution in [3.63, 3.8) is 0 Å². The minimum absolute atomic E-state index is 0.369. The van der Waals surface area contributed by atoms with Crippen LogP contribution in [0.5, 0.6) is 5.75 Å². The summed E-state index contributed by atoms with van der Waals surface area (Å²) in [5.74, 6) is 2.23. The molecule has 31 heavy (non-hydrogen) atoms. The third kappa shape index (κ3) is 6.12. The lowest BCUT2D eigenvalue weighted by atomic mass is 10.2. The van der Waals surface area contributed by atoms with Crippen molar-refractivity contribution in [3.8, 4) is 5.75 Å². The fraction of sp³-hybridized carbons (Fsp3) is 0.429. The largest absolute Gasteiger partial charge is 0.495 e. The fourth-order valence-electron chi connectivity index (χ4n) is 3.21. The van der Waals surface area contributed by atoms with Crippen LogP contribution < -0.4 is 20.9 Å². The van der Waals surface area contributed by atoms with E-state index in [0.29, 0.717) is 44.0 Å². The van der Waals surface area contributed by atoms with Crippen molar-refractivity contribution < 1.29 is 14.2 Å². The third-order valence-corrected chi connectivity index (χ3v) is 4.88. The maximum absolute atomic E-state index is 5.43. The molecule has 1 aromatic heterocycles. The van der Waals surface area contributed by atoms with E-state index in [0.717, 1.165) is 48.5 Å². The molecule has 2 fully saturated rings. The summed E-state index contributed by atoms with van der Waals surface area (Å²) in [5.41, 5.74) is 8.92. The Morgan fingerprint density at radius 2 is 1.45 bits per heavy atom. The van der Waals surface area contributed by atoms with Gasteiger partial charge in [-0.05, 0) is 12.1 Å². The summed E-state index contributed by atoms with van der Waals surface area (Å²) in [6.45, 7) is 2.76. The zero-order valence-electron chi connectivity index (χ0n) is 17.6. The van der Waals surface area contributed by atoms with Gasteiger partial charge in [-0.15, -0.1) is 0 Å². The van der Waals surface area contributed by atoms with Crippen LogP contribution in [0.2, 0.25) is 0 Å². The first-order valence-electron chi connectivity index (χ1n) is 10.4. The van der Waals surface area contributed by atoms with E-state index in [1.807, 2.05) is 24.3 Å². The summed E-state index contributed by atoms with van der Waals surface area (Å²) >= 11 is 0. The van der Waals surface area contributed by atoms with Gasteiger partial charge in [0.1, 0.15) is 11.6 Å². The predicted molar refractivity (Wildman–Crippen MR) is 121 cm³/mol. The molecule has 0 saturated carbocycles. The van der Waals surface area contributed by atoms with Crippen molar-refractivity contribution in [1.29, 1.82) is 0 Å². The van der Waals surface area contributed by atoms with Gasteiger partial charge in [0.05, 0.1) is 39.2 Å². The van der Waals surface area contributed by atoms with E-state index >= 15 is 0 Å². The van der Waals surface area contributed by atoms with E-state index in [4.69, 9.17) is 14.2 Å². The molecule has 0 spiro atoms. The van der Waals surface area contributed by atoms with Gasteiger partial charge >= 0.3 is 0 Å². The molecule has 4 rings (SSSR count). The number of para-hydroxylation sites is 2. The molecule has 10 nitrogen and oxygen atoms in total. The average molecular weight is 425 g/mol. The average Bonchev–Trinajstić information content (AvgIpc) is 2.83. The van der Waals surface area contributed by atoms with Gasteiger partial charge in [0.25, 0.3) is 0 Å². The number of ether oxygens (including phenoxy) is 3. The SMILES string of the molecule is COc1ccccc1Nc1cc(NN=C2CCOCC2)nc(NN=C2CCOCC2)n1. The highest BCUT2D eigenvalue weighted by Crippen LogP contribution is 2.27. The summed E-state index contributed by atoms with van der Waals surface area (Å²) in [5, 5.41) is 12.2. The van der Waals surface area contributed by atoms with Gasteiger partial charge in [-0.1, -0.05) is 12.1 Å². The molecule has 0 atom stereocenters. The number of nitrogens with one attached hydrogen (secondary N) is 3. The standard InChI is InChI=1S/C21H27N7O3/c1-29-18-5-3-2-4-17(18)22-19-14-20(27-25-15-6-10-30-11-7-15)24-21(23-19)28-26-16-8-12-31-13-9-16/h2-5,14H,6-13H2,1H3,(H3,22,23,24,27,28). The van der Waals surface area contributed by atoms with Crippen LogP contribution in [-0.2, 0) is 9.47 Å². The van der Waals surface area contributed by atoms with E-state index < -0.39 is 0 Å². The van der Waals surface area contributed by atoms with Gasteiger partial charge in [-0.3, -0.25) is 5.43 Å². The number of methoxy groups -OCH3 is 1. The second kappa shape index (κ2) is 10.7. The Morgan fingerprint density at radius 1 is 0.839 bits per heavy atom. The van der Waals surface area contributed by atoms with E-state index in [2.05, 4.69) is 36.3 Å². The molecule has 1 aromatic carbocycles. The van der Waals surface area contributed by atoms with Crippen LogP contribution in [0.1, 0.15) is 25.7 Å². The predicted octanol–water partition coefficient (Wildman–Crippen LogP) is 3.39. The number of nitrogens with zero attached hydrogens (tertiary/aromatic N) is 4. The number of benzene rings is 1. The smallest absolute Gasteiger partial charge is 0.247 e. The molecule has 164 valence electrons. The quantitative estimate of drug-likeness (QED) is 0.579. The number of aromatic nitrogens is 2. The zero-order valence-corrected chi connectivity index (χ0v) is 17.6. The highest BCUT2D eigenvalue weighted by Gasteiger charge is 2.11. The highest BCUT2D eigenvalue weighted by atomic mass is 16.5. The van der Waals surface area contributed by atoms with Crippen LogP contribution in [0, 0.1) is 0 Å². The Labute approximate surface area is 181 Å². The van der Waals surface area contributed by atoms with Crippen molar-refractivity contribution in [2.45, 2.75) is 25.7 Å². The molecule has 3 N–H and O–H groups in total. The summed E-state index contributed by atoms with van der Waals surface area (Å²) < 4.78 is 16.2. The van der Waals surface area contributed by atoms with Gasteiger partial charge in [0.2, 0.25) is 5.95 Å². The van der Waals surface area contributed by atoms with Crippen LogP contribution in [0.3, 0.4) is 0 Å². The first-order valence-corrected chi connectivity index (χ1v) is 10.4. The first kappa shape index (κ1) is 21.0. The Kier molecular flexibility index (Phi) is 7.24. The van der Waals surface area contributed by atoms with Gasteiger partial charge in [-0.2, -0.15) is 20.2 Å². The molecule has 0 amide bonds. The molecule has 2 aliphatic rings. The monoisotopic (exact) mass is 425 g/mol. The normalized spacial score (nSPS) is 16.4. The van der Waals surface area contributed by atoms with Gasteiger partial charge in [0, 0.05) is 43.2 Å². The van der Waals surface area contributed by atoms with E-state index in [9.17, 15) is 0 Å². The Morgan fingerprint density at radius 3 is 2.13 bits per heavy atom.